The third-order valence-corrected chi connectivity index (χ3v) is 4.75. The lowest BCUT2D eigenvalue weighted by Crippen LogP contribution is -2.41. The Kier molecular flexibility index (Phi) is 5.53. The number of rotatable bonds is 6. The quantitative estimate of drug-likeness (QED) is 0.783. The van der Waals surface area contributed by atoms with Gasteiger partial charge in [-0.2, -0.15) is 0 Å². The Morgan fingerprint density at radius 3 is 2.17 bits per heavy atom. The van der Waals surface area contributed by atoms with E-state index in [0.29, 0.717) is 13.0 Å². The van der Waals surface area contributed by atoms with Crippen LogP contribution in [0.3, 0.4) is 0 Å². The third kappa shape index (κ3) is 4.26. The molecule has 0 aliphatic carbocycles. The maximum Gasteiger partial charge on any atom is 0.491 e. The first-order valence-corrected chi connectivity index (χ1v) is 8.21. The molecule has 1 fully saturated rings. The van der Waals surface area contributed by atoms with Crippen LogP contribution < -0.4 is 5.73 Å². The highest BCUT2D eigenvalue weighted by molar-refractivity contribution is 6.55. The molecule has 0 aromatic heterocycles. The molecule has 0 unspecified atom stereocenters. The zero-order valence-corrected chi connectivity index (χ0v) is 14.8. The number of nitrogens with two attached hydrogens (primary N) is 1. The van der Waals surface area contributed by atoms with Crippen molar-refractivity contribution in [1.82, 2.24) is 0 Å². The molecule has 130 valence electrons. The van der Waals surface area contributed by atoms with E-state index < -0.39 is 24.3 Å². The van der Waals surface area contributed by atoms with Gasteiger partial charge in [0.15, 0.2) is 0 Å². The van der Waals surface area contributed by atoms with Gasteiger partial charge < -0.3 is 20.1 Å². The van der Waals surface area contributed by atoms with E-state index in [2.05, 4.69) is 0 Å². The number of hydrogen-bond donors (Lipinski definition) is 2. The molecule has 1 heterocycles. The number of aliphatic carboxylic acids is 1. The van der Waals surface area contributed by atoms with Gasteiger partial charge in [0.2, 0.25) is 0 Å². The Morgan fingerprint density at radius 1 is 1.17 bits per heavy atom. The van der Waals surface area contributed by atoms with E-state index in [-0.39, 0.29) is 6.42 Å². The third-order valence-electron chi connectivity index (χ3n) is 4.75. The lowest BCUT2D eigenvalue weighted by atomic mass is 9.77. The van der Waals surface area contributed by atoms with Gasteiger partial charge >= 0.3 is 13.1 Å². The maximum absolute atomic E-state index is 10.6. The van der Waals surface area contributed by atoms with Crippen molar-refractivity contribution in [3.63, 3.8) is 0 Å². The van der Waals surface area contributed by atoms with Crippen LogP contribution in [0.5, 0.6) is 0 Å². The average Bonchev–Trinajstić information content (AvgIpc) is 2.72. The molecule has 1 aromatic rings. The minimum absolute atomic E-state index is 0.136. The lowest BCUT2D eigenvalue weighted by molar-refractivity contribution is -0.136. The summed E-state index contributed by atoms with van der Waals surface area (Å²) < 4.78 is 12.1. The summed E-state index contributed by atoms with van der Waals surface area (Å²) in [6, 6.07) is 7.79. The summed E-state index contributed by atoms with van der Waals surface area (Å²) in [7, 11) is -0.452. The van der Waals surface area contributed by atoms with Crippen LogP contribution in [0, 0.1) is 0 Å². The molecule has 0 bridgehead atoms. The molecule has 0 amide bonds. The van der Waals surface area contributed by atoms with Crippen LogP contribution in [0.1, 0.15) is 45.2 Å². The van der Waals surface area contributed by atoms with Gasteiger partial charge in [-0.15, -0.1) is 0 Å². The Balaban J connectivity index is 2.12. The predicted molar refractivity (Wildman–Crippen MR) is 95.5 cm³/mol. The highest BCUT2D eigenvalue weighted by Crippen LogP contribution is 2.38. The van der Waals surface area contributed by atoms with Crippen LogP contribution in [-0.4, -0.2) is 35.9 Å². The summed E-state index contributed by atoms with van der Waals surface area (Å²) in [6.45, 7) is 8.39. The zero-order chi connectivity index (χ0) is 18.0. The molecule has 0 spiro atoms. The van der Waals surface area contributed by atoms with Gasteiger partial charge in [0, 0.05) is 13.0 Å². The van der Waals surface area contributed by atoms with Crippen molar-refractivity contribution >= 4 is 19.2 Å². The standard InChI is InChI=1S/C18H26BNO4/c1-17(2)18(3,4)24-19(23-17)15(12-20)11-14-7-5-13(6-8-14)9-10-16(21)22/h5-8,11H,9-10,12,20H2,1-4H3,(H,21,22). The molecule has 1 aliphatic rings. The maximum atomic E-state index is 10.6. The molecular weight excluding hydrogens is 305 g/mol. The van der Waals surface area contributed by atoms with E-state index in [9.17, 15) is 4.79 Å². The van der Waals surface area contributed by atoms with Crippen molar-refractivity contribution in [2.45, 2.75) is 51.7 Å². The normalized spacial score (nSPS) is 19.5. The molecule has 1 saturated heterocycles. The zero-order valence-electron chi connectivity index (χ0n) is 14.8. The average molecular weight is 331 g/mol. The number of carboxylic acid groups (broad SMARTS) is 1. The van der Waals surface area contributed by atoms with Crippen LogP contribution in [-0.2, 0) is 20.5 Å². The Labute approximate surface area is 144 Å². The lowest BCUT2D eigenvalue weighted by Gasteiger charge is -2.32. The summed E-state index contributed by atoms with van der Waals surface area (Å²) in [4.78, 5) is 10.6. The monoisotopic (exact) mass is 331 g/mol. The van der Waals surface area contributed by atoms with Gasteiger partial charge in [0.05, 0.1) is 11.2 Å². The molecule has 24 heavy (non-hydrogen) atoms. The second kappa shape index (κ2) is 7.09. The van der Waals surface area contributed by atoms with Gasteiger partial charge in [0.25, 0.3) is 0 Å². The second-order valence-corrected chi connectivity index (χ2v) is 7.15. The van der Waals surface area contributed by atoms with Crippen LogP contribution in [0.25, 0.3) is 6.08 Å². The van der Waals surface area contributed by atoms with E-state index in [0.717, 1.165) is 16.6 Å². The minimum Gasteiger partial charge on any atom is -0.481 e. The van der Waals surface area contributed by atoms with Crippen LogP contribution >= 0.6 is 0 Å². The van der Waals surface area contributed by atoms with Crippen LogP contribution in [0.4, 0.5) is 0 Å². The molecule has 1 aliphatic heterocycles. The Bertz CT molecular complexity index is 606. The largest absolute Gasteiger partial charge is 0.491 e. The molecule has 6 heteroatoms. The Morgan fingerprint density at radius 2 is 1.71 bits per heavy atom. The minimum atomic E-state index is -0.787. The van der Waals surface area contributed by atoms with Crippen molar-refractivity contribution < 1.29 is 19.2 Å². The van der Waals surface area contributed by atoms with Crippen LogP contribution in [0.2, 0.25) is 0 Å². The first-order chi connectivity index (χ1) is 11.1. The van der Waals surface area contributed by atoms with E-state index >= 15 is 0 Å². The van der Waals surface area contributed by atoms with Crippen molar-refractivity contribution in [3.8, 4) is 0 Å². The fourth-order valence-electron chi connectivity index (χ4n) is 2.46. The molecule has 2 rings (SSSR count). The van der Waals surface area contributed by atoms with E-state index in [1.54, 1.807) is 0 Å². The Hall–Kier alpha value is -1.63. The number of benzene rings is 1. The van der Waals surface area contributed by atoms with Crippen molar-refractivity contribution in [1.29, 1.82) is 0 Å². The van der Waals surface area contributed by atoms with Gasteiger partial charge in [-0.05, 0) is 50.7 Å². The summed E-state index contributed by atoms with van der Waals surface area (Å²) >= 11 is 0. The predicted octanol–water partition coefficient (Wildman–Crippen LogP) is 2.68. The molecule has 3 N–H and O–H groups in total. The first-order valence-electron chi connectivity index (χ1n) is 8.21. The first kappa shape index (κ1) is 18.7. The molecule has 0 saturated carbocycles. The van der Waals surface area contributed by atoms with Gasteiger partial charge in [-0.25, -0.2) is 0 Å². The molecule has 1 aromatic carbocycles. The number of aryl methyl sites for hydroxylation is 1. The molecule has 0 radical (unpaired) electrons. The summed E-state index contributed by atoms with van der Waals surface area (Å²) in [5, 5.41) is 8.73. The second-order valence-electron chi connectivity index (χ2n) is 7.15. The fourth-order valence-corrected chi connectivity index (χ4v) is 2.46. The number of carbonyl (C=O) groups is 1. The van der Waals surface area contributed by atoms with Gasteiger partial charge in [0.1, 0.15) is 0 Å². The summed E-state index contributed by atoms with van der Waals surface area (Å²) in [5.74, 6) is -0.787. The van der Waals surface area contributed by atoms with E-state index in [1.165, 1.54) is 0 Å². The smallest absolute Gasteiger partial charge is 0.481 e. The summed E-state index contributed by atoms with van der Waals surface area (Å²) in [5.41, 5.74) is 7.97. The van der Waals surface area contributed by atoms with Gasteiger partial charge in [-0.1, -0.05) is 30.3 Å². The molecular formula is C18H26BNO4. The van der Waals surface area contributed by atoms with E-state index in [1.807, 2.05) is 58.0 Å². The number of carboxylic acids is 1. The van der Waals surface area contributed by atoms with Crippen molar-refractivity contribution in [3.05, 3.63) is 40.9 Å². The summed E-state index contributed by atoms with van der Waals surface area (Å²) in [6.07, 6.45) is 2.64. The highest BCUT2D eigenvalue weighted by Gasteiger charge is 2.52. The number of hydrogen-bond acceptors (Lipinski definition) is 4. The highest BCUT2D eigenvalue weighted by atomic mass is 16.7. The van der Waals surface area contributed by atoms with Gasteiger partial charge in [-0.3, -0.25) is 4.79 Å². The SMILES string of the molecule is CC1(C)OB(C(=Cc2ccc(CCC(=O)O)cc2)CN)OC1(C)C. The van der Waals surface area contributed by atoms with Crippen molar-refractivity contribution in [2.24, 2.45) is 5.73 Å². The molecule has 5 nitrogen and oxygen atoms in total. The fraction of sp³-hybridized carbons (Fsp3) is 0.500. The van der Waals surface area contributed by atoms with E-state index in [4.69, 9.17) is 20.1 Å². The molecule has 0 atom stereocenters. The van der Waals surface area contributed by atoms with Crippen LogP contribution in [0.15, 0.2) is 29.7 Å². The van der Waals surface area contributed by atoms with Crippen molar-refractivity contribution in [2.75, 3.05) is 6.54 Å². The topological polar surface area (TPSA) is 81.8 Å².